The number of piperidine rings is 1. The minimum atomic E-state index is -0.260. The number of amides is 2. The van der Waals surface area contributed by atoms with Crippen LogP contribution in [0.1, 0.15) is 46.5 Å². The molecule has 22 heavy (non-hydrogen) atoms. The lowest BCUT2D eigenvalue weighted by atomic mass is 10.1. The van der Waals surface area contributed by atoms with E-state index in [1.807, 2.05) is 4.90 Å². The normalized spacial score (nSPS) is 14.7. The van der Waals surface area contributed by atoms with E-state index < -0.39 is 0 Å². The Bertz CT molecular complexity index is 513. The Morgan fingerprint density at radius 3 is 2.82 bits per heavy atom. The summed E-state index contributed by atoms with van der Waals surface area (Å²) in [7, 11) is 1.62. The van der Waals surface area contributed by atoms with Gasteiger partial charge in [-0.1, -0.05) is 0 Å². The van der Waals surface area contributed by atoms with Gasteiger partial charge in [0.15, 0.2) is 0 Å². The van der Waals surface area contributed by atoms with Crippen LogP contribution in [0.15, 0.2) is 18.3 Å². The fourth-order valence-corrected chi connectivity index (χ4v) is 2.48. The van der Waals surface area contributed by atoms with Crippen LogP contribution in [0.5, 0.6) is 0 Å². The number of ether oxygens (including phenoxy) is 1. The van der Waals surface area contributed by atoms with Crippen molar-refractivity contribution in [3.05, 3.63) is 29.6 Å². The van der Waals surface area contributed by atoms with Gasteiger partial charge in [-0.2, -0.15) is 0 Å². The molecule has 1 saturated heterocycles. The van der Waals surface area contributed by atoms with E-state index in [0.29, 0.717) is 18.7 Å². The van der Waals surface area contributed by atoms with Crippen molar-refractivity contribution < 1.29 is 14.3 Å². The minimum Gasteiger partial charge on any atom is -0.385 e. The maximum absolute atomic E-state index is 12.4. The predicted molar refractivity (Wildman–Crippen MR) is 82.8 cm³/mol. The zero-order valence-corrected chi connectivity index (χ0v) is 13.0. The van der Waals surface area contributed by atoms with Crippen LogP contribution in [-0.4, -0.2) is 55.0 Å². The highest BCUT2D eigenvalue weighted by molar-refractivity contribution is 5.98. The summed E-state index contributed by atoms with van der Waals surface area (Å²) in [5.74, 6) is -0.278. The van der Waals surface area contributed by atoms with Crippen LogP contribution in [0.2, 0.25) is 0 Å². The summed E-state index contributed by atoms with van der Waals surface area (Å²) in [6, 6.07) is 3.24. The van der Waals surface area contributed by atoms with Crippen LogP contribution < -0.4 is 5.32 Å². The van der Waals surface area contributed by atoms with E-state index in [2.05, 4.69) is 10.3 Å². The fourth-order valence-electron chi connectivity index (χ4n) is 2.48. The van der Waals surface area contributed by atoms with Gasteiger partial charge < -0.3 is 15.0 Å². The Labute approximate surface area is 130 Å². The summed E-state index contributed by atoms with van der Waals surface area (Å²) >= 11 is 0. The van der Waals surface area contributed by atoms with E-state index in [1.54, 1.807) is 19.2 Å². The fraction of sp³-hybridized carbons (Fsp3) is 0.562. The van der Waals surface area contributed by atoms with Gasteiger partial charge in [-0.25, -0.2) is 0 Å². The highest BCUT2D eigenvalue weighted by Crippen LogP contribution is 2.13. The largest absolute Gasteiger partial charge is 0.385 e. The number of carbonyl (C=O) groups excluding carboxylic acids is 2. The Hall–Kier alpha value is -1.95. The maximum Gasteiger partial charge on any atom is 0.269 e. The number of likely N-dealkylation sites (tertiary alicyclic amines) is 1. The molecule has 120 valence electrons. The molecule has 1 aliphatic heterocycles. The number of pyridine rings is 1. The molecule has 0 saturated carbocycles. The van der Waals surface area contributed by atoms with Crippen LogP contribution in [0.4, 0.5) is 0 Å². The average molecular weight is 305 g/mol. The second-order valence-electron chi connectivity index (χ2n) is 5.38. The average Bonchev–Trinajstić information content (AvgIpc) is 2.59. The Balaban J connectivity index is 1.96. The van der Waals surface area contributed by atoms with Crippen molar-refractivity contribution in [2.75, 3.05) is 33.4 Å². The Kier molecular flexibility index (Phi) is 6.33. The molecule has 6 nitrogen and oxygen atoms in total. The summed E-state index contributed by atoms with van der Waals surface area (Å²) in [4.78, 5) is 30.3. The third kappa shape index (κ3) is 4.53. The Morgan fingerprint density at radius 2 is 2.09 bits per heavy atom. The van der Waals surface area contributed by atoms with E-state index in [0.717, 1.165) is 32.4 Å². The molecule has 2 heterocycles. The third-order valence-electron chi connectivity index (χ3n) is 3.69. The predicted octanol–water partition coefficient (Wildman–Crippen LogP) is 1.47. The summed E-state index contributed by atoms with van der Waals surface area (Å²) in [6.07, 6.45) is 5.53. The van der Waals surface area contributed by atoms with Gasteiger partial charge in [0.05, 0.1) is 0 Å². The zero-order chi connectivity index (χ0) is 15.8. The highest BCUT2D eigenvalue weighted by Gasteiger charge is 2.19. The van der Waals surface area contributed by atoms with Crippen LogP contribution in [0, 0.1) is 0 Å². The summed E-state index contributed by atoms with van der Waals surface area (Å²) in [5.41, 5.74) is 0.805. The molecular formula is C16H23N3O3. The Morgan fingerprint density at radius 1 is 1.32 bits per heavy atom. The van der Waals surface area contributed by atoms with Crippen molar-refractivity contribution in [2.24, 2.45) is 0 Å². The quantitative estimate of drug-likeness (QED) is 0.808. The molecule has 1 aromatic heterocycles. The smallest absolute Gasteiger partial charge is 0.269 e. The molecule has 0 unspecified atom stereocenters. The molecule has 0 aromatic carbocycles. The molecule has 0 radical (unpaired) electrons. The first-order valence-corrected chi connectivity index (χ1v) is 7.75. The molecule has 0 aliphatic carbocycles. The first-order valence-electron chi connectivity index (χ1n) is 7.75. The lowest BCUT2D eigenvalue weighted by Crippen LogP contribution is -2.35. The molecule has 6 heteroatoms. The van der Waals surface area contributed by atoms with E-state index in [-0.39, 0.29) is 17.5 Å². The van der Waals surface area contributed by atoms with Crippen molar-refractivity contribution in [3.63, 3.8) is 0 Å². The van der Waals surface area contributed by atoms with Gasteiger partial charge in [-0.05, 0) is 37.8 Å². The van der Waals surface area contributed by atoms with Gasteiger partial charge >= 0.3 is 0 Å². The number of aromatic nitrogens is 1. The van der Waals surface area contributed by atoms with E-state index in [4.69, 9.17) is 4.74 Å². The SMILES string of the molecule is COCCCNC(=O)c1cc(C(=O)N2CCCCC2)ccn1. The second-order valence-corrected chi connectivity index (χ2v) is 5.38. The van der Waals surface area contributed by atoms with E-state index in [9.17, 15) is 9.59 Å². The van der Waals surface area contributed by atoms with Crippen molar-refractivity contribution in [1.82, 2.24) is 15.2 Å². The second kappa shape index (κ2) is 8.48. The number of rotatable bonds is 6. The lowest BCUT2D eigenvalue weighted by molar-refractivity contribution is 0.0724. The van der Waals surface area contributed by atoms with Crippen LogP contribution >= 0.6 is 0 Å². The lowest BCUT2D eigenvalue weighted by Gasteiger charge is -2.26. The number of carbonyl (C=O) groups is 2. The highest BCUT2D eigenvalue weighted by atomic mass is 16.5. The van der Waals surface area contributed by atoms with Gasteiger partial charge in [-0.15, -0.1) is 0 Å². The van der Waals surface area contributed by atoms with Crippen molar-refractivity contribution >= 4 is 11.8 Å². The van der Waals surface area contributed by atoms with E-state index >= 15 is 0 Å². The molecule has 1 aliphatic rings. The number of hydrogen-bond donors (Lipinski definition) is 1. The molecule has 1 fully saturated rings. The van der Waals surface area contributed by atoms with Crippen LogP contribution in [0.25, 0.3) is 0 Å². The number of nitrogens with zero attached hydrogens (tertiary/aromatic N) is 2. The summed E-state index contributed by atoms with van der Waals surface area (Å²) < 4.78 is 4.93. The zero-order valence-electron chi connectivity index (χ0n) is 13.0. The monoisotopic (exact) mass is 305 g/mol. The molecule has 0 spiro atoms. The minimum absolute atomic E-state index is 0.0180. The molecule has 2 amide bonds. The molecule has 1 aromatic rings. The van der Waals surface area contributed by atoms with Gasteiger partial charge in [0.25, 0.3) is 11.8 Å². The molecule has 0 bridgehead atoms. The van der Waals surface area contributed by atoms with E-state index in [1.165, 1.54) is 12.6 Å². The molecule has 0 atom stereocenters. The molecule has 2 rings (SSSR count). The van der Waals surface area contributed by atoms with Gasteiger partial charge in [0.2, 0.25) is 0 Å². The standard InChI is InChI=1S/C16H23N3O3/c1-22-11-5-7-18-15(20)14-12-13(6-8-17-14)16(21)19-9-3-2-4-10-19/h6,8,12H,2-5,7,9-11H2,1H3,(H,18,20). The topological polar surface area (TPSA) is 71.5 Å². The van der Waals surface area contributed by atoms with Gasteiger partial charge in [-0.3, -0.25) is 14.6 Å². The van der Waals surface area contributed by atoms with Gasteiger partial charge in [0, 0.05) is 45.1 Å². The van der Waals surface area contributed by atoms with Crippen molar-refractivity contribution in [1.29, 1.82) is 0 Å². The maximum atomic E-state index is 12.4. The molecular weight excluding hydrogens is 282 g/mol. The van der Waals surface area contributed by atoms with Gasteiger partial charge in [0.1, 0.15) is 5.69 Å². The first-order chi connectivity index (χ1) is 10.7. The van der Waals surface area contributed by atoms with Crippen molar-refractivity contribution in [3.8, 4) is 0 Å². The third-order valence-corrected chi connectivity index (χ3v) is 3.69. The van der Waals surface area contributed by atoms with Crippen molar-refractivity contribution in [2.45, 2.75) is 25.7 Å². The number of methoxy groups -OCH3 is 1. The number of hydrogen-bond acceptors (Lipinski definition) is 4. The summed E-state index contributed by atoms with van der Waals surface area (Å²) in [5, 5.41) is 2.77. The molecule has 1 N–H and O–H groups in total. The number of nitrogens with one attached hydrogen (secondary N) is 1. The first kappa shape index (κ1) is 16.4. The van der Waals surface area contributed by atoms with Crippen LogP contribution in [-0.2, 0) is 4.74 Å². The summed E-state index contributed by atoms with van der Waals surface area (Å²) in [6.45, 7) is 2.71. The van der Waals surface area contributed by atoms with Crippen LogP contribution in [0.3, 0.4) is 0 Å².